The second-order valence-corrected chi connectivity index (χ2v) is 11.9. The number of carbonyl (C=O) groups is 2. The molecule has 0 radical (unpaired) electrons. The zero-order valence-electron chi connectivity index (χ0n) is 26.0. The number of ether oxygens (including phenoxy) is 1. The normalized spacial score (nSPS) is 11.3. The van der Waals surface area contributed by atoms with Crippen molar-refractivity contribution in [1.82, 2.24) is 14.9 Å². The number of hydrogen-bond acceptors (Lipinski definition) is 7. The second-order valence-electron chi connectivity index (χ2n) is 11.0. The number of fused-ring (bicyclic) bond motifs is 2. The number of aryl methyl sites for hydroxylation is 1. The third-order valence-corrected chi connectivity index (χ3v) is 8.93. The number of aromatic nitrogens is 2. The Morgan fingerprint density at radius 2 is 1.87 bits per heavy atom. The van der Waals surface area contributed by atoms with E-state index in [-0.39, 0.29) is 11.8 Å². The minimum absolute atomic E-state index is 0.141. The lowest BCUT2D eigenvalue weighted by Crippen LogP contribution is -2.23. The molecule has 3 aromatic carbocycles. The maximum atomic E-state index is 13.3. The van der Waals surface area contributed by atoms with Gasteiger partial charge in [0.25, 0.3) is 11.8 Å². The summed E-state index contributed by atoms with van der Waals surface area (Å²) in [7, 11) is 7.34. The van der Waals surface area contributed by atoms with Gasteiger partial charge < -0.3 is 30.6 Å². The topological polar surface area (TPSA) is 115 Å². The standard InChI is InChI=1S/C36H34N6O3S/c1-41(2)26-12-7-10-24(17-26)35(43)38-16-8-11-25-20-39-34(37)32-27(21-46-33(25)32)22-14-15-28(31(19-22)45-4)40-36(44)30-18-23-9-5-6-13-29(23)42(30)3/h5-15,17-21H,16H2,1-4H3,(H2,37,39)(H,38,43)(H,40,44). The molecule has 0 fully saturated rings. The van der Waals surface area contributed by atoms with E-state index in [4.69, 9.17) is 10.5 Å². The monoisotopic (exact) mass is 630 g/mol. The number of hydrogen-bond donors (Lipinski definition) is 3. The zero-order chi connectivity index (χ0) is 32.4. The van der Waals surface area contributed by atoms with Crippen LogP contribution in [0, 0.1) is 0 Å². The van der Waals surface area contributed by atoms with Gasteiger partial charge in [-0.15, -0.1) is 11.3 Å². The average Bonchev–Trinajstić information content (AvgIpc) is 3.67. The molecule has 6 rings (SSSR count). The largest absolute Gasteiger partial charge is 0.495 e. The summed E-state index contributed by atoms with van der Waals surface area (Å²) in [5.41, 5.74) is 12.8. The molecular weight excluding hydrogens is 597 g/mol. The number of benzene rings is 3. The third kappa shape index (κ3) is 5.90. The first kappa shape index (κ1) is 30.4. The molecule has 0 spiro atoms. The fraction of sp³-hybridized carbons (Fsp3) is 0.139. The van der Waals surface area contributed by atoms with E-state index >= 15 is 0 Å². The van der Waals surface area contributed by atoms with Crippen molar-refractivity contribution < 1.29 is 14.3 Å². The predicted octanol–water partition coefficient (Wildman–Crippen LogP) is 6.81. The minimum atomic E-state index is -0.228. The van der Waals surface area contributed by atoms with E-state index < -0.39 is 0 Å². The minimum Gasteiger partial charge on any atom is -0.495 e. The number of pyridine rings is 1. The van der Waals surface area contributed by atoms with Gasteiger partial charge in [0.2, 0.25) is 0 Å². The summed E-state index contributed by atoms with van der Waals surface area (Å²) in [6.07, 6.45) is 5.58. The Morgan fingerprint density at radius 1 is 1.04 bits per heavy atom. The molecule has 3 heterocycles. The Hall–Kier alpha value is -5.61. The highest BCUT2D eigenvalue weighted by Gasteiger charge is 2.18. The van der Waals surface area contributed by atoms with E-state index in [9.17, 15) is 9.59 Å². The van der Waals surface area contributed by atoms with E-state index in [2.05, 4.69) is 15.6 Å². The number of para-hydroxylation sites is 1. The Morgan fingerprint density at radius 3 is 2.65 bits per heavy atom. The fourth-order valence-electron chi connectivity index (χ4n) is 5.44. The van der Waals surface area contributed by atoms with Crippen LogP contribution in [-0.4, -0.2) is 49.1 Å². The molecule has 2 amide bonds. The SMILES string of the molecule is COc1cc(-c2csc3c(C=CCNC(=O)c4cccc(N(C)C)c4)cnc(N)c23)ccc1NC(=O)c1cc2ccccc2n1C. The Balaban J connectivity index is 1.21. The molecule has 0 aliphatic carbocycles. The molecule has 0 saturated heterocycles. The number of nitrogens with zero attached hydrogens (tertiary/aromatic N) is 3. The molecule has 9 nitrogen and oxygen atoms in total. The van der Waals surface area contributed by atoms with Crippen molar-refractivity contribution in [3.63, 3.8) is 0 Å². The number of thiophene rings is 1. The zero-order valence-corrected chi connectivity index (χ0v) is 26.8. The fourth-order valence-corrected chi connectivity index (χ4v) is 6.52. The molecular formula is C36H34N6O3S. The summed E-state index contributed by atoms with van der Waals surface area (Å²) >= 11 is 1.57. The van der Waals surface area contributed by atoms with Crippen LogP contribution in [0.25, 0.3) is 38.2 Å². The Bertz CT molecular complexity index is 2130. The van der Waals surface area contributed by atoms with Crippen LogP contribution in [0.2, 0.25) is 0 Å². The maximum absolute atomic E-state index is 13.3. The van der Waals surface area contributed by atoms with Crippen LogP contribution in [0.1, 0.15) is 26.4 Å². The molecule has 0 atom stereocenters. The van der Waals surface area contributed by atoms with Crippen LogP contribution < -0.4 is 26.0 Å². The molecule has 232 valence electrons. The van der Waals surface area contributed by atoms with Crippen LogP contribution >= 0.6 is 11.3 Å². The van der Waals surface area contributed by atoms with E-state index in [0.29, 0.717) is 35.1 Å². The van der Waals surface area contributed by atoms with Gasteiger partial charge in [-0.1, -0.05) is 42.5 Å². The summed E-state index contributed by atoms with van der Waals surface area (Å²) in [6, 6.07) is 22.9. The summed E-state index contributed by atoms with van der Waals surface area (Å²) < 4.78 is 8.56. The summed E-state index contributed by atoms with van der Waals surface area (Å²) in [4.78, 5) is 32.4. The van der Waals surface area contributed by atoms with Crippen molar-refractivity contribution in [2.75, 3.05) is 43.7 Å². The highest BCUT2D eigenvalue weighted by atomic mass is 32.1. The first-order valence-corrected chi connectivity index (χ1v) is 15.5. The Kier molecular flexibility index (Phi) is 8.45. The van der Waals surface area contributed by atoms with Crippen molar-refractivity contribution in [3.05, 3.63) is 107 Å². The number of rotatable bonds is 9. The third-order valence-electron chi connectivity index (χ3n) is 7.90. The molecule has 46 heavy (non-hydrogen) atoms. The van der Waals surface area contributed by atoms with Gasteiger partial charge in [-0.25, -0.2) is 4.98 Å². The van der Waals surface area contributed by atoms with Gasteiger partial charge in [-0.05, 0) is 53.4 Å². The van der Waals surface area contributed by atoms with Crippen LogP contribution in [0.4, 0.5) is 17.2 Å². The molecule has 0 aliphatic rings. The van der Waals surface area contributed by atoms with Crippen LogP contribution in [0.3, 0.4) is 0 Å². The van der Waals surface area contributed by atoms with Crippen molar-refractivity contribution in [1.29, 1.82) is 0 Å². The summed E-state index contributed by atoms with van der Waals surface area (Å²) in [5, 5.41) is 9.83. The molecule has 0 saturated carbocycles. The van der Waals surface area contributed by atoms with Gasteiger partial charge in [0, 0.05) is 77.3 Å². The number of nitrogen functional groups attached to an aromatic ring is 1. The van der Waals surface area contributed by atoms with Crippen molar-refractivity contribution >= 4 is 67.4 Å². The van der Waals surface area contributed by atoms with Gasteiger partial charge >= 0.3 is 0 Å². The predicted molar refractivity (Wildman–Crippen MR) is 189 cm³/mol. The van der Waals surface area contributed by atoms with Crippen LogP contribution in [-0.2, 0) is 7.05 Å². The first-order valence-electron chi connectivity index (χ1n) is 14.7. The van der Waals surface area contributed by atoms with E-state index in [1.165, 1.54) is 0 Å². The highest BCUT2D eigenvalue weighted by Crippen LogP contribution is 2.41. The van der Waals surface area contributed by atoms with Crippen molar-refractivity contribution in [2.45, 2.75) is 0 Å². The van der Waals surface area contributed by atoms with Gasteiger partial charge in [-0.3, -0.25) is 9.59 Å². The second kappa shape index (κ2) is 12.8. The maximum Gasteiger partial charge on any atom is 0.272 e. The van der Waals surface area contributed by atoms with Crippen LogP contribution in [0.15, 0.2) is 90.4 Å². The van der Waals surface area contributed by atoms with Gasteiger partial charge in [0.1, 0.15) is 17.3 Å². The summed E-state index contributed by atoms with van der Waals surface area (Å²) in [5.74, 6) is 0.579. The molecule has 10 heteroatoms. The number of amides is 2. The van der Waals surface area contributed by atoms with Crippen LogP contribution in [0.5, 0.6) is 5.75 Å². The van der Waals surface area contributed by atoms with E-state index in [0.717, 1.165) is 43.4 Å². The lowest BCUT2D eigenvalue weighted by atomic mass is 10.0. The van der Waals surface area contributed by atoms with Crippen molar-refractivity contribution in [2.24, 2.45) is 7.05 Å². The lowest BCUT2D eigenvalue weighted by Gasteiger charge is -2.13. The van der Waals surface area contributed by atoms with Crippen molar-refractivity contribution in [3.8, 4) is 16.9 Å². The smallest absolute Gasteiger partial charge is 0.272 e. The number of nitrogens with two attached hydrogens (primary N) is 1. The van der Waals surface area contributed by atoms with E-state index in [1.54, 1.807) is 30.7 Å². The van der Waals surface area contributed by atoms with Gasteiger partial charge in [-0.2, -0.15) is 0 Å². The number of anilines is 3. The Labute approximate surface area is 270 Å². The number of methoxy groups -OCH3 is 1. The molecule has 3 aromatic heterocycles. The highest BCUT2D eigenvalue weighted by molar-refractivity contribution is 7.18. The lowest BCUT2D eigenvalue weighted by molar-refractivity contribution is 0.0957. The quantitative estimate of drug-likeness (QED) is 0.162. The molecule has 6 aromatic rings. The molecule has 0 aliphatic heterocycles. The molecule has 0 unspecified atom stereocenters. The van der Waals surface area contributed by atoms with Gasteiger partial charge in [0.05, 0.1) is 12.8 Å². The number of carbonyl (C=O) groups excluding carboxylic acids is 2. The van der Waals surface area contributed by atoms with Gasteiger partial charge in [0.15, 0.2) is 0 Å². The molecule has 0 bridgehead atoms. The van der Waals surface area contributed by atoms with E-state index in [1.807, 2.05) is 115 Å². The first-order chi connectivity index (χ1) is 22.2. The summed E-state index contributed by atoms with van der Waals surface area (Å²) in [6.45, 7) is 0.359. The number of nitrogens with one attached hydrogen (secondary N) is 2. The average molecular weight is 631 g/mol. The molecule has 4 N–H and O–H groups in total.